The predicted molar refractivity (Wildman–Crippen MR) is 81.2 cm³/mol. The zero-order valence-corrected chi connectivity index (χ0v) is 12.5. The minimum atomic E-state index is -0.168. The number of halogens is 1. The van der Waals surface area contributed by atoms with Gasteiger partial charge in [0, 0.05) is 31.4 Å². The molecule has 0 amide bonds. The number of nitrogens with zero attached hydrogens (tertiary/aromatic N) is 3. The van der Waals surface area contributed by atoms with Crippen LogP contribution >= 0.6 is 0 Å². The fourth-order valence-corrected chi connectivity index (χ4v) is 3.17. The molecule has 0 aliphatic carbocycles. The van der Waals surface area contributed by atoms with Gasteiger partial charge in [0.25, 0.3) is 0 Å². The topological polar surface area (TPSA) is 21.1 Å². The molecule has 0 bridgehead atoms. The van der Waals surface area contributed by atoms with Gasteiger partial charge in [-0.05, 0) is 37.1 Å². The van der Waals surface area contributed by atoms with Gasteiger partial charge in [-0.15, -0.1) is 0 Å². The van der Waals surface area contributed by atoms with Crippen LogP contribution in [-0.4, -0.2) is 21.2 Å². The summed E-state index contributed by atoms with van der Waals surface area (Å²) in [5.74, 6) is -0.168. The molecule has 1 atom stereocenters. The van der Waals surface area contributed by atoms with Gasteiger partial charge in [0.05, 0.1) is 6.20 Å². The van der Waals surface area contributed by atoms with E-state index in [9.17, 15) is 4.39 Å². The van der Waals surface area contributed by atoms with E-state index in [1.165, 1.54) is 36.8 Å². The van der Waals surface area contributed by atoms with Crippen molar-refractivity contribution in [3.05, 3.63) is 53.6 Å². The maximum atomic E-state index is 13.0. The number of likely N-dealkylation sites (tertiary alicyclic amines) is 1. The molecule has 1 unspecified atom stereocenters. The van der Waals surface area contributed by atoms with Crippen molar-refractivity contribution < 1.29 is 4.39 Å². The average Bonchev–Trinajstić information content (AvgIpc) is 2.77. The van der Waals surface area contributed by atoms with E-state index in [-0.39, 0.29) is 5.82 Å². The van der Waals surface area contributed by atoms with Crippen LogP contribution in [0.5, 0.6) is 0 Å². The van der Waals surface area contributed by atoms with Gasteiger partial charge in [0.1, 0.15) is 5.82 Å². The highest BCUT2D eigenvalue weighted by atomic mass is 19.1. The fourth-order valence-electron chi connectivity index (χ4n) is 3.17. The van der Waals surface area contributed by atoms with Crippen molar-refractivity contribution in [3.63, 3.8) is 0 Å². The second kappa shape index (κ2) is 6.39. The molecule has 1 saturated heterocycles. The molecule has 0 N–H and O–H groups in total. The lowest BCUT2D eigenvalue weighted by Gasteiger charge is -2.29. The standard InChI is InChI=1S/C17H22FN3/c1-20-13-15(11-19-20)17-5-3-2-4-10-21(17)12-14-6-8-16(18)9-7-14/h6-9,11,13,17H,2-5,10,12H2,1H3. The molecule has 2 aromatic rings. The lowest BCUT2D eigenvalue weighted by molar-refractivity contribution is 0.192. The van der Waals surface area contributed by atoms with Crippen LogP contribution in [0.3, 0.4) is 0 Å². The van der Waals surface area contributed by atoms with Crippen molar-refractivity contribution in [1.29, 1.82) is 0 Å². The van der Waals surface area contributed by atoms with Crippen molar-refractivity contribution in [3.8, 4) is 0 Å². The van der Waals surface area contributed by atoms with Crippen molar-refractivity contribution in [2.45, 2.75) is 38.3 Å². The lowest BCUT2D eigenvalue weighted by Crippen LogP contribution is -2.28. The van der Waals surface area contributed by atoms with E-state index < -0.39 is 0 Å². The van der Waals surface area contributed by atoms with Gasteiger partial charge >= 0.3 is 0 Å². The van der Waals surface area contributed by atoms with Crippen molar-refractivity contribution >= 4 is 0 Å². The molecule has 0 saturated carbocycles. The molecular formula is C17H22FN3. The first-order valence-corrected chi connectivity index (χ1v) is 7.69. The quantitative estimate of drug-likeness (QED) is 0.858. The van der Waals surface area contributed by atoms with Gasteiger partial charge in [0.15, 0.2) is 0 Å². The predicted octanol–water partition coefficient (Wildman–Crippen LogP) is 3.68. The molecule has 1 aliphatic rings. The third-order valence-corrected chi connectivity index (χ3v) is 4.27. The lowest BCUT2D eigenvalue weighted by atomic mass is 10.0. The van der Waals surface area contributed by atoms with Crippen LogP contribution in [0.25, 0.3) is 0 Å². The number of benzene rings is 1. The van der Waals surface area contributed by atoms with Gasteiger partial charge in [-0.3, -0.25) is 9.58 Å². The summed E-state index contributed by atoms with van der Waals surface area (Å²) in [6.45, 7) is 1.97. The second-order valence-electron chi connectivity index (χ2n) is 5.91. The minimum Gasteiger partial charge on any atom is -0.292 e. The summed E-state index contributed by atoms with van der Waals surface area (Å²) in [5, 5.41) is 4.32. The van der Waals surface area contributed by atoms with Crippen molar-refractivity contribution in [2.24, 2.45) is 7.05 Å². The van der Waals surface area contributed by atoms with Gasteiger partial charge in [-0.1, -0.05) is 25.0 Å². The number of rotatable bonds is 3. The summed E-state index contributed by atoms with van der Waals surface area (Å²) in [6.07, 6.45) is 9.06. The fraction of sp³-hybridized carbons (Fsp3) is 0.471. The Morgan fingerprint density at radius 3 is 2.71 bits per heavy atom. The van der Waals surface area contributed by atoms with Gasteiger partial charge in [-0.2, -0.15) is 5.10 Å². The molecule has 112 valence electrons. The highest BCUT2D eigenvalue weighted by Crippen LogP contribution is 2.31. The number of aromatic nitrogens is 2. The van der Waals surface area contributed by atoms with Gasteiger partial charge in [0.2, 0.25) is 0 Å². The molecule has 1 aromatic heterocycles. The summed E-state index contributed by atoms with van der Waals surface area (Å²) in [7, 11) is 1.96. The first kappa shape index (κ1) is 14.3. The van der Waals surface area contributed by atoms with E-state index in [2.05, 4.69) is 16.2 Å². The summed E-state index contributed by atoms with van der Waals surface area (Å²) < 4.78 is 14.9. The Bertz CT molecular complexity index is 576. The van der Waals surface area contributed by atoms with E-state index in [0.29, 0.717) is 6.04 Å². The van der Waals surface area contributed by atoms with E-state index in [1.807, 2.05) is 30.1 Å². The highest BCUT2D eigenvalue weighted by Gasteiger charge is 2.23. The van der Waals surface area contributed by atoms with Gasteiger partial charge < -0.3 is 0 Å². The average molecular weight is 287 g/mol. The third-order valence-electron chi connectivity index (χ3n) is 4.27. The Labute approximate surface area is 125 Å². The van der Waals surface area contributed by atoms with E-state index in [4.69, 9.17) is 0 Å². The molecule has 0 radical (unpaired) electrons. The molecule has 3 nitrogen and oxygen atoms in total. The number of hydrogen-bond acceptors (Lipinski definition) is 2. The minimum absolute atomic E-state index is 0.168. The summed E-state index contributed by atoms with van der Waals surface area (Å²) >= 11 is 0. The van der Waals surface area contributed by atoms with Crippen LogP contribution in [-0.2, 0) is 13.6 Å². The molecule has 3 rings (SSSR count). The Balaban J connectivity index is 1.80. The van der Waals surface area contributed by atoms with E-state index in [1.54, 1.807) is 12.1 Å². The molecule has 1 aromatic carbocycles. The van der Waals surface area contributed by atoms with E-state index in [0.717, 1.165) is 13.1 Å². The third kappa shape index (κ3) is 3.50. The van der Waals surface area contributed by atoms with Crippen LogP contribution in [0, 0.1) is 5.82 Å². The molecule has 21 heavy (non-hydrogen) atoms. The van der Waals surface area contributed by atoms with Crippen LogP contribution in [0.4, 0.5) is 4.39 Å². The molecular weight excluding hydrogens is 265 g/mol. The molecule has 1 aliphatic heterocycles. The Kier molecular flexibility index (Phi) is 4.34. The Hall–Kier alpha value is -1.68. The molecule has 2 heterocycles. The first-order valence-electron chi connectivity index (χ1n) is 7.69. The van der Waals surface area contributed by atoms with Crippen molar-refractivity contribution in [2.75, 3.05) is 6.54 Å². The maximum Gasteiger partial charge on any atom is 0.123 e. The summed E-state index contributed by atoms with van der Waals surface area (Å²) in [6, 6.07) is 7.30. The molecule has 4 heteroatoms. The van der Waals surface area contributed by atoms with Crippen LogP contribution in [0.2, 0.25) is 0 Å². The zero-order chi connectivity index (χ0) is 14.7. The number of aryl methyl sites for hydroxylation is 1. The highest BCUT2D eigenvalue weighted by molar-refractivity contribution is 5.17. The summed E-state index contributed by atoms with van der Waals surface area (Å²) in [4.78, 5) is 2.51. The first-order chi connectivity index (χ1) is 10.2. The Morgan fingerprint density at radius 1 is 1.19 bits per heavy atom. The second-order valence-corrected chi connectivity index (χ2v) is 5.91. The largest absolute Gasteiger partial charge is 0.292 e. The van der Waals surface area contributed by atoms with Crippen LogP contribution in [0.15, 0.2) is 36.7 Å². The van der Waals surface area contributed by atoms with E-state index >= 15 is 0 Å². The van der Waals surface area contributed by atoms with Crippen molar-refractivity contribution in [1.82, 2.24) is 14.7 Å². The summed E-state index contributed by atoms with van der Waals surface area (Å²) in [5.41, 5.74) is 2.47. The maximum absolute atomic E-state index is 13.0. The van der Waals surface area contributed by atoms with Crippen LogP contribution in [0.1, 0.15) is 42.9 Å². The van der Waals surface area contributed by atoms with Crippen LogP contribution < -0.4 is 0 Å². The zero-order valence-electron chi connectivity index (χ0n) is 12.5. The van der Waals surface area contributed by atoms with Gasteiger partial charge in [-0.25, -0.2) is 4.39 Å². The normalized spacial score (nSPS) is 20.4. The Morgan fingerprint density at radius 2 is 2.00 bits per heavy atom. The molecule has 0 spiro atoms. The monoisotopic (exact) mass is 287 g/mol. The molecule has 1 fully saturated rings. The SMILES string of the molecule is Cn1cc(C2CCCCCN2Cc2ccc(F)cc2)cn1. The number of hydrogen-bond donors (Lipinski definition) is 0. The smallest absolute Gasteiger partial charge is 0.123 e.